The lowest BCUT2D eigenvalue weighted by molar-refractivity contribution is -0.115. The maximum Gasteiger partial charge on any atom is 0.157 e. The van der Waals surface area contributed by atoms with Crippen molar-refractivity contribution in [1.29, 1.82) is 0 Å². The Morgan fingerprint density at radius 3 is 3.40 bits per heavy atom. The van der Waals surface area contributed by atoms with E-state index in [-0.39, 0.29) is 5.78 Å². The summed E-state index contributed by atoms with van der Waals surface area (Å²) >= 11 is 0. The van der Waals surface area contributed by atoms with Gasteiger partial charge in [-0.25, -0.2) is 0 Å². The molecule has 2 rings (SSSR count). The minimum Gasteiger partial charge on any atom is -0.365 e. The van der Waals surface area contributed by atoms with E-state index in [1.165, 1.54) is 0 Å². The Balaban J connectivity index is 2.28. The van der Waals surface area contributed by atoms with Gasteiger partial charge in [-0.15, -0.1) is 0 Å². The third-order valence-electron chi connectivity index (χ3n) is 2.00. The van der Waals surface area contributed by atoms with E-state index >= 15 is 0 Å². The third kappa shape index (κ3) is 0.764. The molecule has 0 aromatic carbocycles. The Bertz CT molecular complexity index is 227. The summed E-state index contributed by atoms with van der Waals surface area (Å²) in [5, 5.41) is 3.05. The minimum atomic E-state index is 0.252. The van der Waals surface area contributed by atoms with Crippen molar-refractivity contribution in [2.45, 2.75) is 12.8 Å². The Morgan fingerprint density at radius 1 is 1.60 bits per heavy atom. The zero-order valence-electron chi connectivity index (χ0n) is 5.63. The van der Waals surface area contributed by atoms with Gasteiger partial charge in [-0.2, -0.15) is 0 Å². The van der Waals surface area contributed by atoms with Crippen molar-refractivity contribution < 1.29 is 4.79 Å². The average Bonchev–Trinajstić information content (AvgIpc) is 2.33. The summed E-state index contributed by atoms with van der Waals surface area (Å²) in [7, 11) is 0. The first-order valence-corrected chi connectivity index (χ1v) is 3.54. The van der Waals surface area contributed by atoms with Gasteiger partial charge in [0, 0.05) is 24.1 Å². The number of nitrogens with one attached hydrogen (secondary N) is 1. The molecule has 1 N–H and O–H groups in total. The zero-order chi connectivity index (χ0) is 6.97. The lowest BCUT2D eigenvalue weighted by atomic mass is 9.93. The van der Waals surface area contributed by atoms with Gasteiger partial charge in [-0.1, -0.05) is 6.08 Å². The van der Waals surface area contributed by atoms with Crippen LogP contribution < -0.4 is 5.32 Å². The van der Waals surface area contributed by atoms with Gasteiger partial charge in [0.25, 0.3) is 0 Å². The van der Waals surface area contributed by atoms with Crippen LogP contribution in [0.2, 0.25) is 0 Å². The van der Waals surface area contributed by atoms with Crippen molar-refractivity contribution in [1.82, 2.24) is 5.32 Å². The molecule has 0 aromatic rings. The molecule has 52 valence electrons. The summed E-state index contributed by atoms with van der Waals surface area (Å²) in [5.41, 5.74) is 1.08. The highest BCUT2D eigenvalue weighted by Gasteiger charge is 2.21. The Labute approximate surface area is 59.6 Å². The van der Waals surface area contributed by atoms with Crippen molar-refractivity contribution in [2.24, 2.45) is 5.92 Å². The van der Waals surface area contributed by atoms with Gasteiger partial charge in [-0.3, -0.25) is 4.79 Å². The molecular weight excluding hydrogens is 126 g/mol. The Kier molecular flexibility index (Phi) is 1.13. The van der Waals surface area contributed by atoms with Crippen LogP contribution in [0.15, 0.2) is 24.0 Å². The molecule has 0 spiro atoms. The molecule has 0 saturated carbocycles. The van der Waals surface area contributed by atoms with E-state index < -0.39 is 0 Å². The molecule has 1 aliphatic heterocycles. The molecule has 1 atom stereocenters. The van der Waals surface area contributed by atoms with Crippen LogP contribution >= 0.6 is 0 Å². The van der Waals surface area contributed by atoms with Gasteiger partial charge < -0.3 is 5.32 Å². The number of hydrogen-bond donors (Lipinski definition) is 1. The van der Waals surface area contributed by atoms with E-state index in [4.69, 9.17) is 0 Å². The number of carbonyl (C=O) groups excluding carboxylic acids is 1. The fourth-order valence-electron chi connectivity index (χ4n) is 1.41. The van der Waals surface area contributed by atoms with Crippen LogP contribution in [-0.2, 0) is 4.79 Å². The standard InChI is InChI=1S/C8H9NO/c10-7-2-1-6-3-4-9-8(6)5-7/h3-6,9H,1-2H2. The molecule has 1 aliphatic carbocycles. The predicted molar refractivity (Wildman–Crippen MR) is 38.1 cm³/mol. The molecular formula is C8H9NO. The molecule has 0 radical (unpaired) electrons. The summed E-state index contributed by atoms with van der Waals surface area (Å²) in [6.07, 6.45) is 7.43. The van der Waals surface area contributed by atoms with Gasteiger partial charge >= 0.3 is 0 Å². The second kappa shape index (κ2) is 1.97. The van der Waals surface area contributed by atoms with E-state index in [2.05, 4.69) is 11.4 Å². The number of fused-ring (bicyclic) bond motifs is 1. The summed E-state index contributed by atoms with van der Waals surface area (Å²) in [6, 6.07) is 0. The van der Waals surface area contributed by atoms with Gasteiger partial charge in [0.05, 0.1) is 0 Å². The van der Waals surface area contributed by atoms with Crippen LogP contribution in [0.25, 0.3) is 0 Å². The topological polar surface area (TPSA) is 29.1 Å². The summed E-state index contributed by atoms with van der Waals surface area (Å²) in [6.45, 7) is 0. The van der Waals surface area contributed by atoms with E-state index in [9.17, 15) is 4.79 Å². The molecule has 0 fully saturated rings. The first-order chi connectivity index (χ1) is 4.86. The van der Waals surface area contributed by atoms with Crippen LogP contribution in [0.1, 0.15) is 12.8 Å². The largest absolute Gasteiger partial charge is 0.365 e. The third-order valence-corrected chi connectivity index (χ3v) is 2.00. The molecule has 0 bridgehead atoms. The van der Waals surface area contributed by atoms with Crippen LogP contribution in [-0.4, -0.2) is 5.78 Å². The number of rotatable bonds is 0. The van der Waals surface area contributed by atoms with Crippen LogP contribution in [0, 0.1) is 5.92 Å². The highest BCUT2D eigenvalue weighted by molar-refractivity contribution is 5.91. The summed E-state index contributed by atoms with van der Waals surface area (Å²) in [4.78, 5) is 10.9. The van der Waals surface area contributed by atoms with E-state index in [1.807, 2.05) is 6.20 Å². The average molecular weight is 135 g/mol. The highest BCUT2D eigenvalue weighted by Crippen LogP contribution is 2.25. The van der Waals surface area contributed by atoms with Crippen molar-refractivity contribution >= 4 is 5.78 Å². The molecule has 2 nitrogen and oxygen atoms in total. The highest BCUT2D eigenvalue weighted by atomic mass is 16.1. The van der Waals surface area contributed by atoms with Gasteiger partial charge in [0.1, 0.15) is 0 Å². The lowest BCUT2D eigenvalue weighted by Crippen LogP contribution is -2.15. The molecule has 0 amide bonds. The van der Waals surface area contributed by atoms with Crippen LogP contribution in [0.5, 0.6) is 0 Å². The summed E-state index contributed by atoms with van der Waals surface area (Å²) in [5.74, 6) is 0.750. The van der Waals surface area contributed by atoms with E-state index in [1.54, 1.807) is 6.08 Å². The molecule has 0 saturated heterocycles. The van der Waals surface area contributed by atoms with Crippen molar-refractivity contribution in [3.05, 3.63) is 24.0 Å². The number of ketones is 1. The first-order valence-electron chi connectivity index (χ1n) is 3.54. The Morgan fingerprint density at radius 2 is 2.50 bits per heavy atom. The molecule has 1 heterocycles. The quantitative estimate of drug-likeness (QED) is 0.536. The SMILES string of the molecule is O=C1C=C2NC=CC2CC1. The second-order valence-electron chi connectivity index (χ2n) is 2.71. The summed E-state index contributed by atoms with van der Waals surface area (Å²) < 4.78 is 0. The number of allylic oxidation sites excluding steroid dienone is 2. The van der Waals surface area contributed by atoms with Crippen LogP contribution in [0.4, 0.5) is 0 Å². The predicted octanol–water partition coefficient (Wildman–Crippen LogP) is 0.966. The van der Waals surface area contributed by atoms with Crippen molar-refractivity contribution in [3.63, 3.8) is 0 Å². The molecule has 2 heteroatoms. The smallest absolute Gasteiger partial charge is 0.157 e. The number of hydrogen-bond acceptors (Lipinski definition) is 2. The number of carbonyl (C=O) groups is 1. The van der Waals surface area contributed by atoms with Gasteiger partial charge in [-0.05, 0) is 12.6 Å². The monoisotopic (exact) mass is 135 g/mol. The van der Waals surface area contributed by atoms with E-state index in [0.717, 1.165) is 12.1 Å². The molecule has 2 aliphatic rings. The second-order valence-corrected chi connectivity index (χ2v) is 2.71. The van der Waals surface area contributed by atoms with Gasteiger partial charge in [0.2, 0.25) is 0 Å². The molecule has 10 heavy (non-hydrogen) atoms. The normalized spacial score (nSPS) is 29.4. The minimum absolute atomic E-state index is 0.252. The van der Waals surface area contributed by atoms with Crippen molar-refractivity contribution in [3.8, 4) is 0 Å². The van der Waals surface area contributed by atoms with E-state index in [0.29, 0.717) is 12.3 Å². The maximum atomic E-state index is 10.9. The van der Waals surface area contributed by atoms with Crippen molar-refractivity contribution in [2.75, 3.05) is 0 Å². The molecule has 1 unspecified atom stereocenters. The fourth-order valence-corrected chi connectivity index (χ4v) is 1.41. The maximum absolute atomic E-state index is 10.9. The first kappa shape index (κ1) is 5.71. The zero-order valence-corrected chi connectivity index (χ0v) is 5.63. The molecule has 0 aromatic heterocycles. The Hall–Kier alpha value is -1.05. The fraction of sp³-hybridized carbons (Fsp3) is 0.375. The van der Waals surface area contributed by atoms with Gasteiger partial charge in [0.15, 0.2) is 5.78 Å². The van der Waals surface area contributed by atoms with Crippen LogP contribution in [0.3, 0.4) is 0 Å². The lowest BCUT2D eigenvalue weighted by Gasteiger charge is -2.14.